The van der Waals surface area contributed by atoms with E-state index in [9.17, 15) is 13.2 Å². The molecule has 5 nitrogen and oxygen atoms in total. The summed E-state index contributed by atoms with van der Waals surface area (Å²) < 4.78 is 34.2. The summed E-state index contributed by atoms with van der Waals surface area (Å²) in [5, 5.41) is 0. The number of hydrogen-bond donors (Lipinski definition) is 1. The summed E-state index contributed by atoms with van der Waals surface area (Å²) in [6, 6.07) is 0. The van der Waals surface area contributed by atoms with Crippen LogP contribution in [0, 0.1) is 0 Å². The van der Waals surface area contributed by atoms with Crippen molar-refractivity contribution in [3.05, 3.63) is 0 Å². The molecule has 109 valence electrons. The molecule has 1 N–H and O–H groups in total. The Kier molecular flexibility index (Phi) is 15.2. The molecular weight excluding hydrogens is 279 g/mol. The second kappa shape index (κ2) is 13.4. The molecule has 0 unspecified atom stereocenters. The van der Waals surface area contributed by atoms with Gasteiger partial charge in [0.1, 0.15) is 0 Å². The zero-order chi connectivity index (χ0) is 13.9. The van der Waals surface area contributed by atoms with Crippen molar-refractivity contribution >= 4 is 45.6 Å². The van der Waals surface area contributed by atoms with E-state index < -0.39 is 10.1 Å². The van der Waals surface area contributed by atoms with Crippen LogP contribution in [-0.4, -0.2) is 60.9 Å². The molecule has 0 aliphatic heterocycles. The molecule has 0 heterocycles. The van der Waals surface area contributed by atoms with Crippen molar-refractivity contribution < 1.29 is 22.5 Å². The topological polar surface area (TPSA) is 80.7 Å². The number of carbonyl (C=O) groups excluding carboxylic acids is 1. The van der Waals surface area contributed by atoms with Crippen molar-refractivity contribution in [1.82, 2.24) is 0 Å². The van der Waals surface area contributed by atoms with Crippen LogP contribution < -0.4 is 0 Å². The van der Waals surface area contributed by atoms with Crippen molar-refractivity contribution in [3.8, 4) is 0 Å². The molecule has 0 bridgehead atoms. The minimum absolute atomic E-state index is 0. The van der Waals surface area contributed by atoms with Crippen LogP contribution in [0.15, 0.2) is 0 Å². The maximum Gasteiger partial charge on any atom is 0.305 e. The van der Waals surface area contributed by atoms with Crippen LogP contribution in [0.4, 0.5) is 0 Å². The molecule has 0 fully saturated rings. The van der Waals surface area contributed by atoms with E-state index in [1.807, 2.05) is 0 Å². The van der Waals surface area contributed by atoms with E-state index in [1.54, 1.807) is 0 Å². The summed E-state index contributed by atoms with van der Waals surface area (Å²) in [5.74, 6) is -0.500. The monoisotopic (exact) mass is 303 g/mol. The van der Waals surface area contributed by atoms with E-state index >= 15 is 0 Å². The maximum absolute atomic E-state index is 11.2. The van der Waals surface area contributed by atoms with Gasteiger partial charge in [-0.25, -0.2) is 0 Å². The summed E-state index contributed by atoms with van der Waals surface area (Å²) in [6.07, 6.45) is 6.63. The molecule has 0 saturated carbocycles. The molecule has 0 amide bonds. The Morgan fingerprint density at radius 2 is 1.68 bits per heavy atom. The van der Waals surface area contributed by atoms with E-state index in [0.29, 0.717) is 19.3 Å². The van der Waals surface area contributed by atoms with Gasteiger partial charge >= 0.3 is 5.97 Å². The van der Waals surface area contributed by atoms with E-state index in [2.05, 4.69) is 6.92 Å². The molecule has 0 rings (SSSR count). The Labute approximate surface area is 138 Å². The van der Waals surface area contributed by atoms with Crippen LogP contribution in [0.5, 0.6) is 0 Å². The van der Waals surface area contributed by atoms with Gasteiger partial charge < -0.3 is 4.74 Å². The molecule has 0 aliphatic rings. The summed E-state index contributed by atoms with van der Waals surface area (Å²) in [4.78, 5) is 11.2. The van der Waals surface area contributed by atoms with Gasteiger partial charge in [0.05, 0.1) is 12.4 Å². The zero-order valence-electron chi connectivity index (χ0n) is 12.1. The largest absolute Gasteiger partial charge is 0.466 e. The van der Waals surface area contributed by atoms with Crippen LogP contribution in [0.25, 0.3) is 0 Å². The van der Waals surface area contributed by atoms with Crippen LogP contribution in [0.2, 0.25) is 0 Å². The molecule has 0 spiro atoms. The van der Waals surface area contributed by atoms with Gasteiger partial charge in [-0.05, 0) is 19.3 Å². The minimum Gasteiger partial charge on any atom is -0.466 e. The third-order valence-electron chi connectivity index (χ3n) is 2.54. The Morgan fingerprint density at radius 1 is 1.05 bits per heavy atom. The van der Waals surface area contributed by atoms with Gasteiger partial charge in [0.15, 0.2) is 0 Å². The Hall–Kier alpha value is 0.380. The van der Waals surface area contributed by atoms with Gasteiger partial charge in [-0.1, -0.05) is 32.6 Å². The molecule has 0 aromatic carbocycles. The fourth-order valence-corrected chi connectivity index (χ4v) is 2.09. The van der Waals surface area contributed by atoms with Crippen molar-refractivity contribution in [2.24, 2.45) is 0 Å². The van der Waals surface area contributed by atoms with E-state index in [0.717, 1.165) is 19.3 Å². The van der Waals surface area contributed by atoms with Crippen molar-refractivity contribution in [1.29, 1.82) is 0 Å². The van der Waals surface area contributed by atoms with Crippen LogP contribution in [0.1, 0.15) is 58.3 Å². The van der Waals surface area contributed by atoms with Gasteiger partial charge in [-0.2, -0.15) is 8.42 Å². The molecule has 0 aromatic rings. The molecule has 0 saturated heterocycles. The summed E-state index contributed by atoms with van der Waals surface area (Å²) in [5.41, 5.74) is 0. The second-order valence-electron chi connectivity index (χ2n) is 4.38. The molecule has 0 atom stereocenters. The molecule has 7 heteroatoms. The number of hydrogen-bond acceptors (Lipinski definition) is 4. The number of ether oxygens (including phenoxy) is 1. The maximum atomic E-state index is 11.2. The molecule has 19 heavy (non-hydrogen) atoms. The van der Waals surface area contributed by atoms with Gasteiger partial charge in [-0.3, -0.25) is 9.35 Å². The van der Waals surface area contributed by atoms with Gasteiger partial charge in [0, 0.05) is 36.0 Å². The standard InChI is InChI=1S/C12H24O5S.Na/c1-2-3-4-5-6-9-12(13)17-10-7-8-11-18(14,15)16;/h2-11H2,1H3,(H,14,15,16);. The average molecular weight is 303 g/mol. The smallest absolute Gasteiger partial charge is 0.305 e. The normalized spacial score (nSPS) is 10.8. The van der Waals surface area contributed by atoms with Crippen molar-refractivity contribution in [3.63, 3.8) is 0 Å². The van der Waals surface area contributed by atoms with E-state index in [-0.39, 0.29) is 47.9 Å². The molecular formula is C12H24NaO5S. The first kappa shape index (κ1) is 21.7. The summed E-state index contributed by atoms with van der Waals surface area (Å²) in [6.45, 7) is 2.37. The van der Waals surface area contributed by atoms with Crippen LogP contribution >= 0.6 is 0 Å². The zero-order valence-corrected chi connectivity index (χ0v) is 14.9. The van der Waals surface area contributed by atoms with E-state index in [1.165, 1.54) is 12.8 Å². The predicted molar refractivity (Wildman–Crippen MR) is 75.7 cm³/mol. The predicted octanol–water partition coefficient (Wildman–Crippen LogP) is 2.18. The minimum atomic E-state index is -3.89. The van der Waals surface area contributed by atoms with Crippen LogP contribution in [-0.2, 0) is 19.6 Å². The average Bonchev–Trinajstić information content (AvgIpc) is 2.27. The Morgan fingerprint density at radius 3 is 2.26 bits per heavy atom. The number of unbranched alkanes of at least 4 members (excludes halogenated alkanes) is 5. The molecule has 0 aliphatic carbocycles. The van der Waals surface area contributed by atoms with E-state index in [4.69, 9.17) is 9.29 Å². The van der Waals surface area contributed by atoms with Gasteiger partial charge in [-0.15, -0.1) is 0 Å². The van der Waals surface area contributed by atoms with Gasteiger partial charge in [0.25, 0.3) is 10.1 Å². The fraction of sp³-hybridized carbons (Fsp3) is 0.917. The third kappa shape index (κ3) is 18.4. The fourth-order valence-electron chi connectivity index (χ4n) is 1.52. The van der Waals surface area contributed by atoms with Gasteiger partial charge in [0.2, 0.25) is 0 Å². The summed E-state index contributed by atoms with van der Waals surface area (Å²) >= 11 is 0. The van der Waals surface area contributed by atoms with Crippen molar-refractivity contribution in [2.75, 3.05) is 12.4 Å². The van der Waals surface area contributed by atoms with Crippen LogP contribution in [0.3, 0.4) is 0 Å². The number of esters is 1. The molecule has 0 aromatic heterocycles. The first-order valence-corrected chi connectivity index (χ1v) is 8.17. The Balaban J connectivity index is 0. The summed E-state index contributed by atoms with van der Waals surface area (Å²) in [7, 11) is -3.89. The quantitative estimate of drug-likeness (QED) is 0.274. The first-order valence-electron chi connectivity index (χ1n) is 6.56. The third-order valence-corrected chi connectivity index (χ3v) is 3.35. The Bertz CT molecular complexity index is 316. The first-order chi connectivity index (χ1) is 8.45. The van der Waals surface area contributed by atoms with Crippen molar-refractivity contribution in [2.45, 2.75) is 58.3 Å². The SMILES string of the molecule is CCCCCCCC(=O)OCCCCS(=O)(=O)O.[Na]. The molecule has 1 radical (unpaired) electrons. The number of carbonyl (C=O) groups is 1. The second-order valence-corrected chi connectivity index (χ2v) is 5.95. The number of rotatable bonds is 11.